The largest absolute Gasteiger partial charge is 0.477 e. The number of carboxylic acids is 1. The molecule has 1 atom stereocenters. The van der Waals surface area contributed by atoms with Crippen molar-refractivity contribution in [2.45, 2.75) is 22.8 Å². The standard InChI is InChI=1S/C10H15NO4S3/c1-7(16-2)5-6-11-18(14,15)9-4-3-8(17-9)10(12)13/h3-4,7,11H,5-6H2,1-2H3,(H,12,13). The lowest BCUT2D eigenvalue weighted by atomic mass is 10.3. The molecule has 0 radical (unpaired) electrons. The van der Waals surface area contributed by atoms with Crippen LogP contribution in [0.4, 0.5) is 0 Å². The molecule has 2 N–H and O–H groups in total. The van der Waals surface area contributed by atoms with Gasteiger partial charge in [-0.3, -0.25) is 0 Å². The number of carboxylic acid groups (broad SMARTS) is 1. The lowest BCUT2D eigenvalue weighted by Crippen LogP contribution is -2.25. The number of sulfonamides is 1. The monoisotopic (exact) mass is 309 g/mol. The Bertz CT molecular complexity index is 509. The van der Waals surface area contributed by atoms with Gasteiger partial charge in [0.25, 0.3) is 0 Å². The van der Waals surface area contributed by atoms with Gasteiger partial charge in [-0.15, -0.1) is 11.3 Å². The molecule has 0 aliphatic rings. The fraction of sp³-hybridized carbons (Fsp3) is 0.500. The van der Waals surface area contributed by atoms with Gasteiger partial charge in [0.1, 0.15) is 9.09 Å². The van der Waals surface area contributed by atoms with Crippen LogP contribution in [0.15, 0.2) is 16.3 Å². The summed E-state index contributed by atoms with van der Waals surface area (Å²) >= 11 is 2.43. The molecule has 0 aliphatic carbocycles. The highest BCUT2D eigenvalue weighted by Crippen LogP contribution is 2.21. The Balaban J connectivity index is 2.65. The van der Waals surface area contributed by atoms with E-state index in [0.29, 0.717) is 11.8 Å². The van der Waals surface area contributed by atoms with Gasteiger partial charge in [0.2, 0.25) is 10.0 Å². The average Bonchev–Trinajstić information content (AvgIpc) is 2.78. The van der Waals surface area contributed by atoms with Crippen LogP contribution in [-0.2, 0) is 10.0 Å². The Labute approximate surface area is 115 Å². The molecular weight excluding hydrogens is 294 g/mol. The fourth-order valence-electron chi connectivity index (χ4n) is 1.17. The first-order valence-electron chi connectivity index (χ1n) is 5.22. The highest BCUT2D eigenvalue weighted by atomic mass is 32.2. The predicted octanol–water partition coefficient (Wildman–Crippen LogP) is 1.87. The first-order valence-corrected chi connectivity index (χ1v) is 8.81. The van der Waals surface area contributed by atoms with E-state index in [1.807, 2.05) is 13.2 Å². The van der Waals surface area contributed by atoms with Crippen LogP contribution in [0, 0.1) is 0 Å². The molecule has 1 aromatic rings. The molecule has 0 aromatic carbocycles. The summed E-state index contributed by atoms with van der Waals surface area (Å²) in [4.78, 5) is 10.7. The van der Waals surface area contributed by atoms with Gasteiger partial charge in [-0.25, -0.2) is 17.9 Å². The second-order valence-corrected chi connectivity index (χ2v) is 8.01. The Morgan fingerprint density at radius 1 is 1.56 bits per heavy atom. The van der Waals surface area contributed by atoms with E-state index in [0.717, 1.165) is 17.8 Å². The van der Waals surface area contributed by atoms with Crippen LogP contribution in [0.25, 0.3) is 0 Å². The van der Waals surface area contributed by atoms with Crippen molar-refractivity contribution in [1.29, 1.82) is 0 Å². The molecule has 102 valence electrons. The molecule has 5 nitrogen and oxygen atoms in total. The Hall–Kier alpha value is -0.570. The van der Waals surface area contributed by atoms with Gasteiger partial charge in [0.15, 0.2) is 0 Å². The van der Waals surface area contributed by atoms with Crippen LogP contribution in [0.2, 0.25) is 0 Å². The Kier molecular flexibility index (Phi) is 5.64. The van der Waals surface area contributed by atoms with Crippen LogP contribution in [0.3, 0.4) is 0 Å². The van der Waals surface area contributed by atoms with E-state index in [1.54, 1.807) is 11.8 Å². The third kappa shape index (κ3) is 4.27. The molecular formula is C10H15NO4S3. The first-order chi connectivity index (χ1) is 8.36. The Morgan fingerprint density at radius 3 is 2.72 bits per heavy atom. The molecule has 8 heteroatoms. The van der Waals surface area contributed by atoms with E-state index in [4.69, 9.17) is 5.11 Å². The number of thiophene rings is 1. The van der Waals surface area contributed by atoms with Crippen molar-refractivity contribution in [3.05, 3.63) is 17.0 Å². The zero-order chi connectivity index (χ0) is 13.8. The molecule has 0 spiro atoms. The van der Waals surface area contributed by atoms with E-state index in [9.17, 15) is 13.2 Å². The number of nitrogens with one attached hydrogen (secondary N) is 1. The minimum atomic E-state index is -3.58. The van der Waals surface area contributed by atoms with Crippen molar-refractivity contribution in [3.63, 3.8) is 0 Å². The second-order valence-electron chi connectivity index (χ2n) is 3.66. The maximum absolute atomic E-state index is 11.8. The normalized spacial score (nSPS) is 13.4. The molecule has 0 bridgehead atoms. The van der Waals surface area contributed by atoms with Crippen LogP contribution in [0.5, 0.6) is 0 Å². The topological polar surface area (TPSA) is 83.5 Å². The third-order valence-electron chi connectivity index (χ3n) is 2.30. The minimum Gasteiger partial charge on any atom is -0.477 e. The molecule has 1 rings (SSSR count). The van der Waals surface area contributed by atoms with E-state index in [-0.39, 0.29) is 9.09 Å². The number of aromatic carboxylic acids is 1. The van der Waals surface area contributed by atoms with Gasteiger partial charge < -0.3 is 5.11 Å². The van der Waals surface area contributed by atoms with Gasteiger partial charge >= 0.3 is 5.97 Å². The summed E-state index contributed by atoms with van der Waals surface area (Å²) in [5, 5.41) is 9.12. The predicted molar refractivity (Wildman–Crippen MR) is 74.1 cm³/mol. The van der Waals surface area contributed by atoms with E-state index < -0.39 is 16.0 Å². The van der Waals surface area contributed by atoms with Crippen molar-refractivity contribution >= 4 is 39.1 Å². The molecule has 1 aromatic heterocycles. The number of hydrogen-bond acceptors (Lipinski definition) is 5. The van der Waals surface area contributed by atoms with E-state index >= 15 is 0 Å². The quantitative estimate of drug-likeness (QED) is 0.803. The lowest BCUT2D eigenvalue weighted by Gasteiger charge is -2.08. The van der Waals surface area contributed by atoms with Crippen molar-refractivity contribution in [2.24, 2.45) is 0 Å². The van der Waals surface area contributed by atoms with Gasteiger partial charge in [-0.05, 0) is 24.8 Å². The van der Waals surface area contributed by atoms with Crippen molar-refractivity contribution in [2.75, 3.05) is 12.8 Å². The third-order valence-corrected chi connectivity index (χ3v) is 6.37. The average molecular weight is 309 g/mol. The number of hydrogen-bond donors (Lipinski definition) is 2. The number of thioether (sulfide) groups is 1. The summed E-state index contributed by atoms with van der Waals surface area (Å²) in [6.45, 7) is 2.37. The highest BCUT2D eigenvalue weighted by molar-refractivity contribution is 7.99. The molecule has 0 amide bonds. The Morgan fingerprint density at radius 2 is 2.22 bits per heavy atom. The second kappa shape index (κ2) is 6.55. The lowest BCUT2D eigenvalue weighted by molar-refractivity contribution is 0.0702. The van der Waals surface area contributed by atoms with Crippen molar-refractivity contribution in [3.8, 4) is 0 Å². The van der Waals surface area contributed by atoms with Gasteiger partial charge in [0.05, 0.1) is 0 Å². The van der Waals surface area contributed by atoms with Crippen molar-refractivity contribution < 1.29 is 18.3 Å². The van der Waals surface area contributed by atoms with Crippen LogP contribution in [0.1, 0.15) is 23.0 Å². The van der Waals surface area contributed by atoms with E-state index in [2.05, 4.69) is 4.72 Å². The summed E-state index contributed by atoms with van der Waals surface area (Å²) < 4.78 is 26.2. The highest BCUT2D eigenvalue weighted by Gasteiger charge is 2.18. The SMILES string of the molecule is CSC(C)CCNS(=O)(=O)c1ccc(C(=O)O)s1. The minimum absolute atomic E-state index is 0.0212. The summed E-state index contributed by atoms with van der Waals surface area (Å²) in [6, 6.07) is 2.61. The number of carbonyl (C=O) groups is 1. The van der Waals surface area contributed by atoms with Crippen LogP contribution < -0.4 is 4.72 Å². The van der Waals surface area contributed by atoms with Crippen LogP contribution in [-0.4, -0.2) is 37.5 Å². The molecule has 0 aliphatic heterocycles. The molecule has 0 saturated heterocycles. The zero-order valence-corrected chi connectivity index (χ0v) is 12.5. The first kappa shape index (κ1) is 15.5. The van der Waals surface area contributed by atoms with E-state index in [1.165, 1.54) is 12.1 Å². The maximum atomic E-state index is 11.8. The maximum Gasteiger partial charge on any atom is 0.345 e. The van der Waals surface area contributed by atoms with Gasteiger partial charge in [0, 0.05) is 11.8 Å². The fourth-order valence-corrected chi connectivity index (χ4v) is 3.76. The molecule has 1 unspecified atom stereocenters. The molecule has 1 heterocycles. The van der Waals surface area contributed by atoms with Crippen molar-refractivity contribution in [1.82, 2.24) is 4.72 Å². The number of rotatable bonds is 7. The van der Waals surface area contributed by atoms with Gasteiger partial charge in [-0.2, -0.15) is 11.8 Å². The molecule has 18 heavy (non-hydrogen) atoms. The smallest absolute Gasteiger partial charge is 0.345 e. The van der Waals surface area contributed by atoms with Crippen LogP contribution >= 0.6 is 23.1 Å². The summed E-state index contributed by atoms with van der Waals surface area (Å²) in [5.74, 6) is -1.11. The zero-order valence-electron chi connectivity index (χ0n) is 10.0. The van der Waals surface area contributed by atoms with Gasteiger partial charge in [-0.1, -0.05) is 6.92 Å². The molecule has 0 saturated carbocycles. The summed E-state index contributed by atoms with van der Waals surface area (Å²) in [5.41, 5.74) is 0. The summed E-state index contributed by atoms with van der Waals surface area (Å²) in [7, 11) is -3.58. The molecule has 0 fully saturated rings. The summed E-state index contributed by atoms with van der Waals surface area (Å²) in [6.07, 6.45) is 2.70.